The third kappa shape index (κ3) is 4.24. The molecule has 0 atom stereocenters. The van der Waals surface area contributed by atoms with Gasteiger partial charge in [0.2, 0.25) is 0 Å². The summed E-state index contributed by atoms with van der Waals surface area (Å²) >= 11 is 0. The molecule has 176 valence electrons. The maximum absolute atomic E-state index is 13.1. The van der Waals surface area contributed by atoms with Crippen molar-refractivity contribution in [2.45, 2.75) is 51.2 Å². The van der Waals surface area contributed by atoms with Crippen LogP contribution in [0.3, 0.4) is 0 Å². The molecule has 1 saturated carbocycles. The molecule has 0 bridgehead atoms. The van der Waals surface area contributed by atoms with Crippen molar-refractivity contribution in [3.05, 3.63) is 46.3 Å². The van der Waals surface area contributed by atoms with Crippen molar-refractivity contribution in [3.8, 4) is 5.75 Å². The first-order valence-electron chi connectivity index (χ1n) is 11.8. The molecule has 3 aliphatic rings. The number of nitrogens with zero attached hydrogens (tertiary/aromatic N) is 3. The molecule has 0 unspecified atom stereocenters. The number of hydrogen-bond donors (Lipinski definition) is 1. The predicted octanol–water partition coefficient (Wildman–Crippen LogP) is 2.62. The number of nitrogens with one attached hydrogen (secondary N) is 1. The number of amides is 2. The molecule has 1 spiro atoms. The van der Waals surface area contributed by atoms with Crippen LogP contribution in [0.4, 0.5) is 0 Å². The van der Waals surface area contributed by atoms with Crippen LogP contribution in [0.2, 0.25) is 0 Å². The second kappa shape index (κ2) is 8.48. The minimum atomic E-state index is -0.311. The van der Waals surface area contributed by atoms with Gasteiger partial charge >= 0.3 is 0 Å². The minimum Gasteiger partial charge on any atom is -0.497 e. The molecule has 3 heterocycles. The van der Waals surface area contributed by atoms with Crippen LogP contribution in [0.5, 0.6) is 5.75 Å². The van der Waals surface area contributed by atoms with Crippen molar-refractivity contribution in [2.24, 2.45) is 13.0 Å². The van der Waals surface area contributed by atoms with E-state index in [0.29, 0.717) is 43.3 Å². The first-order chi connectivity index (χ1) is 15.9. The van der Waals surface area contributed by atoms with E-state index in [4.69, 9.17) is 9.47 Å². The summed E-state index contributed by atoms with van der Waals surface area (Å²) in [4.78, 5) is 27.7. The van der Waals surface area contributed by atoms with E-state index in [1.807, 2.05) is 41.8 Å². The number of carbonyl (C=O) groups excluding carboxylic acids is 2. The summed E-state index contributed by atoms with van der Waals surface area (Å²) in [5.41, 5.74) is 3.79. The fourth-order valence-electron chi connectivity index (χ4n) is 4.99. The van der Waals surface area contributed by atoms with Crippen LogP contribution < -0.4 is 10.1 Å². The Bertz CT molecular complexity index is 1080. The highest BCUT2D eigenvalue weighted by Crippen LogP contribution is 2.37. The lowest BCUT2D eigenvalue weighted by atomic mass is 9.83. The zero-order valence-electron chi connectivity index (χ0n) is 19.6. The highest BCUT2D eigenvalue weighted by atomic mass is 16.5. The van der Waals surface area contributed by atoms with Crippen molar-refractivity contribution >= 4 is 11.8 Å². The van der Waals surface area contributed by atoms with Crippen molar-refractivity contribution in [3.63, 3.8) is 0 Å². The van der Waals surface area contributed by atoms with Gasteiger partial charge in [-0.1, -0.05) is 0 Å². The van der Waals surface area contributed by atoms with Crippen LogP contribution in [0.25, 0.3) is 0 Å². The van der Waals surface area contributed by atoms with Crippen molar-refractivity contribution in [1.82, 2.24) is 20.0 Å². The molecule has 5 rings (SSSR count). The molecular formula is C25H32N4O4. The van der Waals surface area contributed by atoms with E-state index in [2.05, 4.69) is 10.4 Å². The molecule has 2 amide bonds. The van der Waals surface area contributed by atoms with Crippen LogP contribution in [0, 0.1) is 12.8 Å². The molecule has 2 fully saturated rings. The molecule has 1 saturated heterocycles. The van der Waals surface area contributed by atoms with Crippen molar-refractivity contribution < 1.29 is 19.1 Å². The number of piperidine rings is 1. The van der Waals surface area contributed by atoms with Gasteiger partial charge in [-0.3, -0.25) is 14.3 Å². The molecule has 8 nitrogen and oxygen atoms in total. The van der Waals surface area contributed by atoms with Gasteiger partial charge < -0.3 is 19.7 Å². The van der Waals surface area contributed by atoms with Crippen LogP contribution >= 0.6 is 0 Å². The van der Waals surface area contributed by atoms with Crippen molar-refractivity contribution in [1.29, 1.82) is 0 Å². The average molecular weight is 453 g/mol. The monoisotopic (exact) mass is 452 g/mol. The summed E-state index contributed by atoms with van der Waals surface area (Å²) in [7, 11) is 3.53. The Morgan fingerprint density at radius 1 is 1.27 bits per heavy atom. The standard InChI is InChI=1S/C25H32N4O4/c1-16-12-18(32-3)6-7-19(16)24(31)29-10-8-25(9-11-29)13-21-20(15-33-25)22(27-28(21)2)23(30)26-14-17-4-5-17/h6-7,12,17H,4-5,8-11,13-15H2,1-3H3,(H,26,30). The molecule has 2 aromatic rings. The highest BCUT2D eigenvalue weighted by molar-refractivity contribution is 5.96. The number of carbonyl (C=O) groups is 2. The van der Waals surface area contributed by atoms with Crippen LogP contribution in [-0.2, 0) is 24.8 Å². The summed E-state index contributed by atoms with van der Waals surface area (Å²) in [6, 6.07) is 5.57. The van der Waals surface area contributed by atoms with Gasteiger partial charge in [-0.2, -0.15) is 5.10 Å². The van der Waals surface area contributed by atoms with E-state index in [9.17, 15) is 9.59 Å². The topological polar surface area (TPSA) is 85.7 Å². The fourth-order valence-corrected chi connectivity index (χ4v) is 4.99. The quantitative estimate of drug-likeness (QED) is 0.754. The van der Waals surface area contributed by atoms with E-state index in [0.717, 1.165) is 42.0 Å². The van der Waals surface area contributed by atoms with E-state index in [1.54, 1.807) is 7.11 Å². The maximum atomic E-state index is 13.1. The Morgan fingerprint density at radius 2 is 2.03 bits per heavy atom. The van der Waals surface area contributed by atoms with Gasteiger partial charge in [0.25, 0.3) is 11.8 Å². The minimum absolute atomic E-state index is 0.0525. The Hall–Kier alpha value is -2.87. The van der Waals surface area contributed by atoms with Gasteiger partial charge in [-0.25, -0.2) is 0 Å². The smallest absolute Gasteiger partial charge is 0.272 e. The third-order valence-corrected chi connectivity index (χ3v) is 7.38. The summed E-state index contributed by atoms with van der Waals surface area (Å²) in [6.45, 7) is 4.35. The largest absolute Gasteiger partial charge is 0.497 e. The molecular weight excluding hydrogens is 420 g/mol. The summed E-state index contributed by atoms with van der Waals surface area (Å²) < 4.78 is 13.5. The first kappa shape index (κ1) is 21.9. The Morgan fingerprint density at radius 3 is 2.70 bits per heavy atom. The van der Waals surface area contributed by atoms with Gasteiger partial charge in [0, 0.05) is 49.9 Å². The number of rotatable bonds is 5. The number of likely N-dealkylation sites (tertiary alicyclic amines) is 1. The second-order valence-corrected chi connectivity index (χ2v) is 9.67. The Kier molecular flexibility index (Phi) is 5.64. The van der Waals surface area contributed by atoms with Gasteiger partial charge in [0.05, 0.1) is 19.3 Å². The lowest BCUT2D eigenvalue weighted by Crippen LogP contribution is -2.50. The predicted molar refractivity (Wildman–Crippen MR) is 122 cm³/mol. The lowest BCUT2D eigenvalue weighted by Gasteiger charge is -2.44. The van der Waals surface area contributed by atoms with Gasteiger partial charge in [-0.05, 0) is 62.3 Å². The number of benzene rings is 1. The van der Waals surface area contributed by atoms with Crippen LogP contribution in [0.15, 0.2) is 18.2 Å². The maximum Gasteiger partial charge on any atom is 0.272 e. The van der Waals surface area contributed by atoms with E-state index < -0.39 is 0 Å². The average Bonchev–Trinajstić information content (AvgIpc) is 3.60. The zero-order chi connectivity index (χ0) is 23.2. The van der Waals surface area contributed by atoms with Gasteiger partial charge in [0.15, 0.2) is 5.69 Å². The third-order valence-electron chi connectivity index (χ3n) is 7.38. The number of aromatic nitrogens is 2. The number of aryl methyl sites for hydroxylation is 2. The SMILES string of the molecule is COc1ccc(C(=O)N2CCC3(CC2)Cc2c(c(C(=O)NCC4CC4)nn2C)CO3)c(C)c1. The number of hydrogen-bond acceptors (Lipinski definition) is 5. The molecule has 1 aliphatic carbocycles. The normalized spacial score (nSPS) is 19.3. The molecule has 1 aromatic carbocycles. The molecule has 8 heteroatoms. The van der Waals surface area contributed by atoms with Crippen LogP contribution in [0.1, 0.15) is 63.4 Å². The molecule has 33 heavy (non-hydrogen) atoms. The highest BCUT2D eigenvalue weighted by Gasteiger charge is 2.42. The number of ether oxygens (including phenoxy) is 2. The van der Waals surface area contributed by atoms with Crippen LogP contribution in [-0.4, -0.2) is 58.8 Å². The van der Waals surface area contributed by atoms with E-state index in [1.165, 1.54) is 12.8 Å². The molecule has 1 aromatic heterocycles. The molecule has 2 aliphatic heterocycles. The number of fused-ring (bicyclic) bond motifs is 1. The first-order valence-corrected chi connectivity index (χ1v) is 11.8. The second-order valence-electron chi connectivity index (χ2n) is 9.67. The Balaban J connectivity index is 1.25. The zero-order valence-corrected chi connectivity index (χ0v) is 19.6. The van der Waals surface area contributed by atoms with Crippen molar-refractivity contribution in [2.75, 3.05) is 26.7 Å². The Labute approximate surface area is 194 Å². The lowest BCUT2D eigenvalue weighted by molar-refractivity contribution is -0.0990. The van der Waals surface area contributed by atoms with E-state index in [-0.39, 0.29) is 17.4 Å². The number of methoxy groups -OCH3 is 1. The van der Waals surface area contributed by atoms with Gasteiger partial charge in [-0.15, -0.1) is 0 Å². The summed E-state index contributed by atoms with van der Waals surface area (Å²) in [5.74, 6) is 1.33. The summed E-state index contributed by atoms with van der Waals surface area (Å²) in [6.07, 6.45) is 4.64. The molecule has 0 radical (unpaired) electrons. The fraction of sp³-hybridized carbons (Fsp3) is 0.560. The van der Waals surface area contributed by atoms with Gasteiger partial charge in [0.1, 0.15) is 5.75 Å². The summed E-state index contributed by atoms with van der Waals surface area (Å²) in [5, 5.41) is 7.54. The van der Waals surface area contributed by atoms with E-state index >= 15 is 0 Å². The molecule has 1 N–H and O–H groups in total.